The summed E-state index contributed by atoms with van der Waals surface area (Å²) in [6.45, 7) is 2.58. The molecule has 2 aromatic carbocycles. The zero-order valence-corrected chi connectivity index (χ0v) is 12.9. The molecule has 0 unspecified atom stereocenters. The van der Waals surface area contributed by atoms with Crippen molar-refractivity contribution in [2.75, 3.05) is 11.9 Å². The van der Waals surface area contributed by atoms with Gasteiger partial charge in [0.15, 0.2) is 5.11 Å². The molecule has 2 N–H and O–H groups in total. The zero-order chi connectivity index (χ0) is 15.8. The lowest BCUT2D eigenvalue weighted by atomic mass is 10.2. The average molecular weight is 317 g/mol. The predicted molar refractivity (Wildman–Crippen MR) is 91.0 cm³/mol. The largest absolute Gasteiger partial charge is 0.494 e. The minimum absolute atomic E-state index is 0.294. The van der Waals surface area contributed by atoms with Crippen molar-refractivity contribution in [2.24, 2.45) is 5.10 Å². The van der Waals surface area contributed by atoms with Gasteiger partial charge in [-0.25, -0.2) is 4.39 Å². The highest BCUT2D eigenvalue weighted by Crippen LogP contribution is 2.10. The molecule has 2 rings (SSSR count). The number of benzene rings is 2. The van der Waals surface area contributed by atoms with Crippen molar-refractivity contribution in [2.45, 2.75) is 6.92 Å². The maximum absolute atomic E-state index is 12.8. The van der Waals surface area contributed by atoms with Crippen LogP contribution >= 0.6 is 12.2 Å². The normalized spacial score (nSPS) is 10.5. The first-order valence-corrected chi connectivity index (χ1v) is 7.16. The molecule has 0 amide bonds. The summed E-state index contributed by atoms with van der Waals surface area (Å²) >= 11 is 5.09. The first kappa shape index (κ1) is 15.9. The maximum Gasteiger partial charge on any atom is 0.191 e. The van der Waals surface area contributed by atoms with Crippen LogP contribution in [0.4, 0.5) is 10.1 Å². The van der Waals surface area contributed by atoms with Crippen molar-refractivity contribution < 1.29 is 9.13 Å². The van der Waals surface area contributed by atoms with E-state index in [1.165, 1.54) is 12.1 Å². The van der Waals surface area contributed by atoms with Gasteiger partial charge in [0.1, 0.15) is 11.6 Å². The molecule has 0 aliphatic heterocycles. The SMILES string of the molecule is CCOc1ccc(/C=N\NC(=S)Nc2ccc(F)cc2)cc1. The first-order chi connectivity index (χ1) is 10.7. The quantitative estimate of drug-likeness (QED) is 0.503. The molecule has 0 aliphatic carbocycles. The van der Waals surface area contributed by atoms with Gasteiger partial charge in [0, 0.05) is 5.69 Å². The topological polar surface area (TPSA) is 45.6 Å². The average Bonchev–Trinajstić information content (AvgIpc) is 2.52. The molecule has 0 bridgehead atoms. The third-order valence-electron chi connectivity index (χ3n) is 2.67. The lowest BCUT2D eigenvalue weighted by molar-refractivity contribution is 0.340. The van der Waals surface area contributed by atoms with Crippen LogP contribution in [0.15, 0.2) is 53.6 Å². The number of nitrogens with zero attached hydrogens (tertiary/aromatic N) is 1. The van der Waals surface area contributed by atoms with E-state index in [1.807, 2.05) is 31.2 Å². The van der Waals surface area contributed by atoms with Crippen molar-refractivity contribution in [1.29, 1.82) is 0 Å². The van der Waals surface area contributed by atoms with E-state index in [9.17, 15) is 4.39 Å². The molecule has 0 aliphatic rings. The molecule has 0 saturated heterocycles. The van der Waals surface area contributed by atoms with E-state index >= 15 is 0 Å². The Bertz CT molecular complexity index is 641. The van der Waals surface area contributed by atoms with Crippen LogP contribution in [0.25, 0.3) is 0 Å². The first-order valence-electron chi connectivity index (χ1n) is 6.76. The molecule has 0 fully saturated rings. The van der Waals surface area contributed by atoms with Gasteiger partial charge in [-0.3, -0.25) is 5.43 Å². The lowest BCUT2D eigenvalue weighted by Crippen LogP contribution is -2.23. The van der Waals surface area contributed by atoms with E-state index in [0.29, 0.717) is 17.4 Å². The Morgan fingerprint density at radius 1 is 1.18 bits per heavy atom. The molecule has 114 valence electrons. The molecule has 6 heteroatoms. The number of hydrazone groups is 1. The summed E-state index contributed by atoms with van der Waals surface area (Å²) in [4.78, 5) is 0. The Kier molecular flexibility index (Phi) is 5.85. The smallest absolute Gasteiger partial charge is 0.191 e. The molecule has 0 radical (unpaired) electrons. The van der Waals surface area contributed by atoms with Crippen molar-refractivity contribution in [1.82, 2.24) is 5.43 Å². The molecule has 22 heavy (non-hydrogen) atoms. The molecular weight excluding hydrogens is 301 g/mol. The van der Waals surface area contributed by atoms with Gasteiger partial charge in [-0.1, -0.05) is 0 Å². The van der Waals surface area contributed by atoms with E-state index in [4.69, 9.17) is 17.0 Å². The monoisotopic (exact) mass is 317 g/mol. The van der Waals surface area contributed by atoms with Gasteiger partial charge in [-0.2, -0.15) is 5.10 Å². The Morgan fingerprint density at radius 2 is 1.86 bits per heavy atom. The highest BCUT2D eigenvalue weighted by Gasteiger charge is 1.96. The van der Waals surface area contributed by atoms with Crippen LogP contribution in [0.5, 0.6) is 5.75 Å². The van der Waals surface area contributed by atoms with Crippen molar-refractivity contribution in [3.05, 3.63) is 59.9 Å². The predicted octanol–water partition coefficient (Wildman–Crippen LogP) is 3.54. The van der Waals surface area contributed by atoms with Crippen molar-refractivity contribution in [3.8, 4) is 5.75 Å². The summed E-state index contributed by atoms with van der Waals surface area (Å²) in [7, 11) is 0. The van der Waals surface area contributed by atoms with Crippen LogP contribution < -0.4 is 15.5 Å². The third kappa shape index (κ3) is 5.14. The summed E-state index contributed by atoms with van der Waals surface area (Å²) < 4.78 is 18.1. The van der Waals surface area contributed by atoms with Crippen molar-refractivity contribution in [3.63, 3.8) is 0 Å². The highest BCUT2D eigenvalue weighted by atomic mass is 32.1. The van der Waals surface area contributed by atoms with Gasteiger partial charge in [0.25, 0.3) is 0 Å². The van der Waals surface area contributed by atoms with E-state index in [1.54, 1.807) is 18.3 Å². The van der Waals surface area contributed by atoms with E-state index in [2.05, 4.69) is 15.8 Å². The van der Waals surface area contributed by atoms with Crippen LogP contribution in [-0.4, -0.2) is 17.9 Å². The Hall–Kier alpha value is -2.47. The second-order valence-corrected chi connectivity index (χ2v) is 4.74. The molecule has 0 atom stereocenters. The maximum atomic E-state index is 12.8. The van der Waals surface area contributed by atoms with E-state index < -0.39 is 0 Å². The highest BCUT2D eigenvalue weighted by molar-refractivity contribution is 7.80. The Labute approximate surface area is 134 Å². The molecule has 2 aromatic rings. The van der Waals surface area contributed by atoms with Gasteiger partial charge in [0.05, 0.1) is 12.8 Å². The fourth-order valence-electron chi connectivity index (χ4n) is 1.67. The number of hydrogen-bond donors (Lipinski definition) is 2. The molecule has 0 aromatic heterocycles. The molecule has 0 saturated carbocycles. The van der Waals surface area contributed by atoms with E-state index in [-0.39, 0.29) is 5.82 Å². The fourth-order valence-corrected chi connectivity index (χ4v) is 1.85. The Balaban J connectivity index is 1.83. The fraction of sp³-hybridized carbons (Fsp3) is 0.125. The summed E-state index contributed by atoms with van der Waals surface area (Å²) in [6, 6.07) is 13.4. The van der Waals surface area contributed by atoms with Crippen LogP contribution in [0.1, 0.15) is 12.5 Å². The van der Waals surface area contributed by atoms with Gasteiger partial charge in [-0.15, -0.1) is 0 Å². The van der Waals surface area contributed by atoms with Gasteiger partial charge in [0.2, 0.25) is 0 Å². The minimum atomic E-state index is -0.294. The van der Waals surface area contributed by atoms with Crippen LogP contribution in [0, 0.1) is 5.82 Å². The third-order valence-corrected chi connectivity index (χ3v) is 2.87. The standard InChI is InChI=1S/C16H16FN3OS/c1-2-21-15-9-3-12(4-10-15)11-18-20-16(22)19-14-7-5-13(17)6-8-14/h3-11H,2H2,1H3,(H2,19,20,22)/b18-11-. The number of rotatable bonds is 5. The van der Waals surface area contributed by atoms with Crippen LogP contribution in [0.2, 0.25) is 0 Å². The van der Waals surface area contributed by atoms with Gasteiger partial charge in [-0.05, 0) is 73.2 Å². The number of nitrogens with one attached hydrogen (secondary N) is 2. The number of halogens is 1. The number of anilines is 1. The summed E-state index contributed by atoms with van der Waals surface area (Å²) in [5.74, 6) is 0.527. The van der Waals surface area contributed by atoms with Crippen molar-refractivity contribution >= 4 is 29.2 Å². The summed E-state index contributed by atoms with van der Waals surface area (Å²) in [6.07, 6.45) is 1.65. The Morgan fingerprint density at radius 3 is 2.50 bits per heavy atom. The molecule has 4 nitrogen and oxygen atoms in total. The van der Waals surface area contributed by atoms with E-state index in [0.717, 1.165) is 11.3 Å². The summed E-state index contributed by atoms with van der Waals surface area (Å²) in [5, 5.41) is 7.27. The van der Waals surface area contributed by atoms with Gasteiger partial charge < -0.3 is 10.1 Å². The molecule has 0 heterocycles. The number of hydrogen-bond acceptors (Lipinski definition) is 3. The van der Waals surface area contributed by atoms with Gasteiger partial charge >= 0.3 is 0 Å². The number of thiocarbonyl (C=S) groups is 1. The minimum Gasteiger partial charge on any atom is -0.494 e. The van der Waals surface area contributed by atoms with Crippen LogP contribution in [-0.2, 0) is 0 Å². The second-order valence-electron chi connectivity index (χ2n) is 4.33. The molecule has 0 spiro atoms. The second kappa shape index (κ2) is 8.09. The lowest BCUT2D eigenvalue weighted by Gasteiger charge is -2.06. The molecular formula is C16H16FN3OS. The summed E-state index contributed by atoms with van der Waals surface area (Å²) in [5.41, 5.74) is 4.31. The van der Waals surface area contributed by atoms with Crippen LogP contribution in [0.3, 0.4) is 0 Å². The number of ether oxygens (including phenoxy) is 1. The zero-order valence-electron chi connectivity index (χ0n) is 12.0.